The van der Waals surface area contributed by atoms with Crippen molar-refractivity contribution in [3.05, 3.63) is 42.5 Å². The summed E-state index contributed by atoms with van der Waals surface area (Å²) < 4.78 is 68.7. The van der Waals surface area contributed by atoms with E-state index in [-0.39, 0.29) is 29.0 Å². The van der Waals surface area contributed by atoms with Crippen LogP contribution in [0.2, 0.25) is 0 Å². The quantitative estimate of drug-likeness (QED) is 0.363. The van der Waals surface area contributed by atoms with E-state index in [0.29, 0.717) is 0 Å². The van der Waals surface area contributed by atoms with E-state index in [9.17, 15) is 31.5 Å². The van der Waals surface area contributed by atoms with Crippen LogP contribution in [0.3, 0.4) is 0 Å². The molecule has 26 heavy (non-hydrogen) atoms. The molecule has 2 rings (SSSR count). The lowest BCUT2D eigenvalue weighted by Gasteiger charge is -2.14. The minimum Gasteiger partial charge on any atom is -0.507 e. The predicted octanol–water partition coefficient (Wildman–Crippen LogP) is 3.60. The van der Waals surface area contributed by atoms with Crippen LogP contribution in [0.15, 0.2) is 42.5 Å². The molecule has 1 N–H and O–H groups in total. The van der Waals surface area contributed by atoms with Gasteiger partial charge in [-0.2, -0.15) is 21.6 Å². The third-order valence-corrected chi connectivity index (χ3v) is 4.13. The summed E-state index contributed by atoms with van der Waals surface area (Å²) in [6.45, 7) is 1.50. The number of aromatic hydroxyl groups is 1. The van der Waals surface area contributed by atoms with Crippen molar-refractivity contribution in [1.29, 1.82) is 0 Å². The Morgan fingerprint density at radius 3 is 2.35 bits per heavy atom. The van der Waals surface area contributed by atoms with Gasteiger partial charge in [0.05, 0.1) is 0 Å². The SMILES string of the molecule is CCC(=O)Oc1cc(OS(=O)(=O)C(F)(F)F)ccc1-c1ccccc1O. The van der Waals surface area contributed by atoms with Crippen LogP contribution in [0.25, 0.3) is 11.1 Å². The van der Waals surface area contributed by atoms with E-state index < -0.39 is 27.3 Å². The van der Waals surface area contributed by atoms with Crippen LogP contribution in [0.1, 0.15) is 13.3 Å². The Bertz CT molecular complexity index is 922. The average molecular weight is 390 g/mol. The van der Waals surface area contributed by atoms with Gasteiger partial charge in [0, 0.05) is 23.6 Å². The number of ether oxygens (including phenoxy) is 1. The summed E-state index contributed by atoms with van der Waals surface area (Å²) in [7, 11) is -5.88. The molecule has 0 aliphatic heterocycles. The molecule has 0 atom stereocenters. The number of halogens is 3. The van der Waals surface area contributed by atoms with Gasteiger partial charge in [0.1, 0.15) is 17.2 Å². The van der Waals surface area contributed by atoms with Crippen molar-refractivity contribution in [3.8, 4) is 28.4 Å². The molecule has 140 valence electrons. The van der Waals surface area contributed by atoms with Crippen LogP contribution in [0.5, 0.6) is 17.2 Å². The van der Waals surface area contributed by atoms with E-state index >= 15 is 0 Å². The first-order chi connectivity index (χ1) is 12.0. The van der Waals surface area contributed by atoms with Crippen molar-refractivity contribution < 1.29 is 40.4 Å². The number of alkyl halides is 3. The van der Waals surface area contributed by atoms with E-state index in [1.54, 1.807) is 12.1 Å². The molecule has 2 aromatic rings. The van der Waals surface area contributed by atoms with Crippen molar-refractivity contribution >= 4 is 16.1 Å². The molecule has 0 aliphatic rings. The van der Waals surface area contributed by atoms with Gasteiger partial charge < -0.3 is 14.0 Å². The van der Waals surface area contributed by atoms with Gasteiger partial charge in [-0.05, 0) is 18.2 Å². The van der Waals surface area contributed by atoms with Crippen LogP contribution in [0, 0.1) is 0 Å². The van der Waals surface area contributed by atoms with Crippen molar-refractivity contribution in [2.75, 3.05) is 0 Å². The monoisotopic (exact) mass is 390 g/mol. The van der Waals surface area contributed by atoms with Crippen molar-refractivity contribution in [1.82, 2.24) is 0 Å². The number of rotatable bonds is 5. The minimum atomic E-state index is -5.88. The van der Waals surface area contributed by atoms with Gasteiger partial charge in [0.15, 0.2) is 0 Å². The topological polar surface area (TPSA) is 89.9 Å². The highest BCUT2D eigenvalue weighted by Gasteiger charge is 2.48. The Labute approximate surface area is 146 Å². The second-order valence-corrected chi connectivity index (χ2v) is 6.52. The first-order valence-corrected chi connectivity index (χ1v) is 8.60. The van der Waals surface area contributed by atoms with E-state index in [0.717, 1.165) is 12.1 Å². The van der Waals surface area contributed by atoms with Crippen LogP contribution in [-0.4, -0.2) is 25.0 Å². The third-order valence-electron chi connectivity index (χ3n) is 3.15. The van der Waals surface area contributed by atoms with Crippen LogP contribution in [-0.2, 0) is 14.9 Å². The van der Waals surface area contributed by atoms with Crippen LogP contribution < -0.4 is 8.92 Å². The molecule has 0 spiro atoms. The minimum absolute atomic E-state index is 0.0356. The molecule has 0 fully saturated rings. The van der Waals surface area contributed by atoms with E-state index in [1.807, 2.05) is 0 Å². The maximum absolute atomic E-state index is 12.5. The fourth-order valence-corrected chi connectivity index (χ4v) is 2.38. The highest BCUT2D eigenvalue weighted by Crippen LogP contribution is 2.39. The highest BCUT2D eigenvalue weighted by molar-refractivity contribution is 7.88. The second-order valence-electron chi connectivity index (χ2n) is 4.99. The largest absolute Gasteiger partial charge is 0.534 e. The Hall–Kier alpha value is -2.75. The zero-order chi connectivity index (χ0) is 19.5. The fourth-order valence-electron chi connectivity index (χ4n) is 1.93. The van der Waals surface area contributed by atoms with Gasteiger partial charge in [-0.15, -0.1) is 0 Å². The highest BCUT2D eigenvalue weighted by atomic mass is 32.2. The summed E-state index contributed by atoms with van der Waals surface area (Å²) in [5, 5.41) is 9.93. The zero-order valence-corrected chi connectivity index (χ0v) is 14.1. The Balaban J connectivity index is 2.52. The molecule has 0 amide bonds. The first-order valence-electron chi connectivity index (χ1n) is 7.19. The van der Waals surface area contributed by atoms with E-state index in [1.165, 1.54) is 25.1 Å². The van der Waals surface area contributed by atoms with Crippen LogP contribution in [0.4, 0.5) is 13.2 Å². The number of benzene rings is 2. The molecule has 10 heteroatoms. The standard InChI is InChI=1S/C16H13F3O6S/c1-2-15(21)24-14-9-10(25-26(22,23)16(17,18)19)7-8-12(14)11-5-3-4-6-13(11)20/h3-9,20H,2H2,1H3. The Morgan fingerprint density at radius 2 is 1.77 bits per heavy atom. The van der Waals surface area contributed by atoms with Gasteiger partial charge in [-0.1, -0.05) is 25.1 Å². The smallest absolute Gasteiger partial charge is 0.507 e. The van der Waals surface area contributed by atoms with Gasteiger partial charge in [0.2, 0.25) is 0 Å². The molecule has 6 nitrogen and oxygen atoms in total. The van der Waals surface area contributed by atoms with E-state index in [2.05, 4.69) is 4.18 Å². The number of hydrogen-bond acceptors (Lipinski definition) is 6. The predicted molar refractivity (Wildman–Crippen MR) is 85.1 cm³/mol. The molecule has 0 saturated carbocycles. The second kappa shape index (κ2) is 7.24. The molecular weight excluding hydrogens is 377 g/mol. The zero-order valence-electron chi connectivity index (χ0n) is 13.3. The van der Waals surface area contributed by atoms with Crippen LogP contribution >= 0.6 is 0 Å². The van der Waals surface area contributed by atoms with Gasteiger partial charge in [0.25, 0.3) is 0 Å². The summed E-state index contributed by atoms with van der Waals surface area (Å²) in [4.78, 5) is 11.6. The number of phenolic OH excluding ortho intramolecular Hbond substituents is 1. The fraction of sp³-hybridized carbons (Fsp3) is 0.188. The van der Waals surface area contributed by atoms with Gasteiger partial charge in [-0.25, -0.2) is 0 Å². The molecule has 0 bridgehead atoms. The number of esters is 1. The Morgan fingerprint density at radius 1 is 1.12 bits per heavy atom. The summed E-state index contributed by atoms with van der Waals surface area (Å²) in [6, 6.07) is 8.94. The molecule has 0 unspecified atom stereocenters. The first kappa shape index (κ1) is 19.6. The number of phenols is 1. The summed E-state index contributed by atoms with van der Waals surface area (Å²) >= 11 is 0. The number of hydrogen-bond donors (Lipinski definition) is 1. The maximum atomic E-state index is 12.5. The van der Waals surface area contributed by atoms with Gasteiger partial charge >= 0.3 is 21.6 Å². The normalized spacial score (nSPS) is 11.8. The lowest BCUT2D eigenvalue weighted by atomic mass is 10.0. The van der Waals surface area contributed by atoms with Crippen molar-refractivity contribution in [2.45, 2.75) is 18.9 Å². The number of carbonyl (C=O) groups excluding carboxylic acids is 1. The molecule has 0 aromatic heterocycles. The Kier molecular flexibility index (Phi) is 5.45. The van der Waals surface area contributed by atoms with E-state index in [4.69, 9.17) is 4.74 Å². The molecule has 0 radical (unpaired) electrons. The third kappa shape index (κ3) is 4.26. The lowest BCUT2D eigenvalue weighted by molar-refractivity contribution is -0.133. The summed E-state index contributed by atoms with van der Waals surface area (Å²) in [5.41, 5.74) is -5.21. The maximum Gasteiger partial charge on any atom is 0.534 e. The average Bonchev–Trinajstić information content (AvgIpc) is 2.54. The molecule has 0 saturated heterocycles. The molecular formula is C16H13F3O6S. The van der Waals surface area contributed by atoms with Gasteiger partial charge in [-0.3, -0.25) is 4.79 Å². The lowest BCUT2D eigenvalue weighted by Crippen LogP contribution is -2.28. The summed E-state index contributed by atoms with van der Waals surface area (Å²) in [6.07, 6.45) is -0.0356. The summed E-state index contributed by atoms with van der Waals surface area (Å²) in [5.74, 6) is -1.83. The molecule has 2 aromatic carbocycles. The van der Waals surface area contributed by atoms with Crippen molar-refractivity contribution in [3.63, 3.8) is 0 Å². The number of carbonyl (C=O) groups is 1. The molecule has 0 aliphatic carbocycles. The van der Waals surface area contributed by atoms with Crippen molar-refractivity contribution in [2.24, 2.45) is 0 Å². The number of para-hydroxylation sites is 1. The molecule has 0 heterocycles.